The molecule has 2 heterocycles. The quantitative estimate of drug-likeness (QED) is 0.884. The van der Waals surface area contributed by atoms with Gasteiger partial charge in [-0.05, 0) is 49.8 Å². The van der Waals surface area contributed by atoms with Crippen molar-refractivity contribution in [2.24, 2.45) is 5.92 Å². The molecule has 3 atom stereocenters. The minimum Gasteiger partial charge on any atom is -0.480 e. The molecule has 2 bridgehead atoms. The summed E-state index contributed by atoms with van der Waals surface area (Å²) in [4.78, 5) is 18.0. The molecular weight excluding hydrogens is 228 g/mol. The fraction of sp³-hybridized carbons (Fsp3) is 0.571. The Bertz CT molecular complexity index is 462. The number of carboxylic acids is 1. The lowest BCUT2D eigenvalue weighted by Gasteiger charge is -2.40. The Hall–Kier alpha value is -1.42. The monoisotopic (exact) mass is 246 g/mol. The fourth-order valence-electron chi connectivity index (χ4n) is 3.56. The Labute approximate surface area is 107 Å². The molecule has 0 amide bonds. The maximum Gasteiger partial charge on any atom is 0.328 e. The first kappa shape index (κ1) is 11.7. The lowest BCUT2D eigenvalue weighted by Crippen LogP contribution is -2.53. The van der Waals surface area contributed by atoms with Gasteiger partial charge in [-0.2, -0.15) is 0 Å². The van der Waals surface area contributed by atoms with Gasteiger partial charge in [0, 0.05) is 25.0 Å². The van der Waals surface area contributed by atoms with Gasteiger partial charge in [0.1, 0.15) is 5.54 Å². The molecule has 1 aliphatic heterocycles. The van der Waals surface area contributed by atoms with Crippen LogP contribution >= 0.6 is 0 Å². The van der Waals surface area contributed by atoms with E-state index in [2.05, 4.69) is 9.88 Å². The van der Waals surface area contributed by atoms with Gasteiger partial charge in [-0.25, -0.2) is 4.79 Å². The summed E-state index contributed by atoms with van der Waals surface area (Å²) in [6, 6.07) is 4.07. The van der Waals surface area contributed by atoms with Crippen molar-refractivity contribution in [2.45, 2.75) is 37.8 Å². The van der Waals surface area contributed by atoms with Crippen LogP contribution in [-0.2, 0) is 10.3 Å². The van der Waals surface area contributed by atoms with E-state index in [1.54, 1.807) is 12.4 Å². The van der Waals surface area contributed by atoms with Gasteiger partial charge in [0.2, 0.25) is 0 Å². The highest BCUT2D eigenvalue weighted by atomic mass is 16.4. The van der Waals surface area contributed by atoms with E-state index < -0.39 is 11.5 Å². The third-order valence-electron chi connectivity index (χ3n) is 4.64. The number of hydrogen-bond acceptors (Lipinski definition) is 3. The van der Waals surface area contributed by atoms with Crippen LogP contribution in [0, 0.1) is 5.92 Å². The predicted octanol–water partition coefficient (Wildman–Crippen LogP) is 1.87. The van der Waals surface area contributed by atoms with Crippen molar-refractivity contribution >= 4 is 5.97 Å². The summed E-state index contributed by atoms with van der Waals surface area (Å²) < 4.78 is 0. The van der Waals surface area contributed by atoms with Crippen molar-refractivity contribution < 1.29 is 9.90 Å². The third kappa shape index (κ3) is 1.56. The highest BCUT2D eigenvalue weighted by Gasteiger charge is 2.50. The van der Waals surface area contributed by atoms with Crippen LogP contribution in [0.3, 0.4) is 0 Å². The molecule has 2 aliphatic rings. The van der Waals surface area contributed by atoms with E-state index in [4.69, 9.17) is 0 Å². The molecule has 1 N–H and O–H groups in total. The van der Waals surface area contributed by atoms with Gasteiger partial charge < -0.3 is 5.11 Å². The molecule has 0 aromatic carbocycles. The summed E-state index contributed by atoms with van der Waals surface area (Å²) in [7, 11) is 0. The van der Waals surface area contributed by atoms with Gasteiger partial charge in [0.05, 0.1) is 0 Å². The number of aliphatic carboxylic acids is 1. The lowest BCUT2D eigenvalue weighted by molar-refractivity contribution is -0.152. The van der Waals surface area contributed by atoms with Crippen LogP contribution < -0.4 is 0 Å². The first-order valence-electron chi connectivity index (χ1n) is 6.53. The van der Waals surface area contributed by atoms with Gasteiger partial charge in [0.25, 0.3) is 0 Å². The average Bonchev–Trinajstić information content (AvgIpc) is 3.01. The summed E-state index contributed by atoms with van der Waals surface area (Å²) >= 11 is 0. The SMILES string of the molecule is CC(C(=O)O)(c1ccncc1)N1CC2CCC1C2. The molecule has 3 rings (SSSR count). The van der Waals surface area contributed by atoms with Crippen LogP contribution in [-0.4, -0.2) is 33.5 Å². The lowest BCUT2D eigenvalue weighted by atomic mass is 9.89. The zero-order chi connectivity index (χ0) is 12.8. The highest BCUT2D eigenvalue weighted by molar-refractivity contribution is 5.80. The molecule has 96 valence electrons. The van der Waals surface area contributed by atoms with E-state index in [-0.39, 0.29) is 0 Å². The maximum atomic E-state index is 11.8. The van der Waals surface area contributed by atoms with Crippen LogP contribution in [0.2, 0.25) is 0 Å². The molecule has 1 aliphatic carbocycles. The molecule has 1 aromatic rings. The molecule has 1 saturated carbocycles. The van der Waals surface area contributed by atoms with Crippen molar-refractivity contribution in [3.63, 3.8) is 0 Å². The summed E-state index contributed by atoms with van der Waals surface area (Å²) in [6.07, 6.45) is 6.90. The molecule has 0 radical (unpaired) electrons. The number of pyridine rings is 1. The van der Waals surface area contributed by atoms with E-state index >= 15 is 0 Å². The van der Waals surface area contributed by atoms with Crippen molar-refractivity contribution in [3.05, 3.63) is 30.1 Å². The van der Waals surface area contributed by atoms with Gasteiger partial charge in [-0.15, -0.1) is 0 Å². The first-order chi connectivity index (χ1) is 8.62. The second-order valence-electron chi connectivity index (χ2n) is 5.60. The number of fused-ring (bicyclic) bond motifs is 2. The van der Waals surface area contributed by atoms with E-state index in [0.29, 0.717) is 12.0 Å². The third-order valence-corrected chi connectivity index (χ3v) is 4.64. The van der Waals surface area contributed by atoms with Crippen molar-refractivity contribution in [2.75, 3.05) is 6.54 Å². The molecular formula is C14H18N2O2. The zero-order valence-electron chi connectivity index (χ0n) is 10.5. The standard InChI is InChI=1S/C14H18N2O2/c1-14(13(17)18,11-4-6-15-7-5-11)16-9-10-2-3-12(16)8-10/h4-7,10,12H,2-3,8-9H2,1H3,(H,17,18). The first-order valence-corrected chi connectivity index (χ1v) is 6.53. The fourth-order valence-corrected chi connectivity index (χ4v) is 3.56. The molecule has 18 heavy (non-hydrogen) atoms. The number of aromatic nitrogens is 1. The van der Waals surface area contributed by atoms with E-state index in [9.17, 15) is 9.90 Å². The minimum absolute atomic E-state index is 0.435. The number of hydrogen-bond donors (Lipinski definition) is 1. The van der Waals surface area contributed by atoms with Crippen LogP contribution in [0.25, 0.3) is 0 Å². The highest BCUT2D eigenvalue weighted by Crippen LogP contribution is 2.44. The number of piperidine rings is 1. The predicted molar refractivity (Wildman–Crippen MR) is 67.1 cm³/mol. The largest absolute Gasteiger partial charge is 0.480 e. The van der Waals surface area contributed by atoms with Crippen molar-refractivity contribution in [1.82, 2.24) is 9.88 Å². The molecule has 2 fully saturated rings. The van der Waals surface area contributed by atoms with Gasteiger partial charge in [-0.1, -0.05) is 0 Å². The summed E-state index contributed by atoms with van der Waals surface area (Å²) in [5, 5.41) is 9.71. The van der Waals surface area contributed by atoms with E-state index in [1.807, 2.05) is 19.1 Å². The van der Waals surface area contributed by atoms with Crippen molar-refractivity contribution in [1.29, 1.82) is 0 Å². The maximum absolute atomic E-state index is 11.8. The second-order valence-corrected chi connectivity index (χ2v) is 5.60. The van der Waals surface area contributed by atoms with Gasteiger partial charge >= 0.3 is 5.97 Å². The molecule has 4 heteroatoms. The number of nitrogens with zero attached hydrogens (tertiary/aromatic N) is 2. The number of likely N-dealkylation sites (tertiary alicyclic amines) is 1. The molecule has 0 spiro atoms. The minimum atomic E-state index is -0.914. The van der Waals surface area contributed by atoms with Crippen molar-refractivity contribution in [3.8, 4) is 0 Å². The summed E-state index contributed by atoms with van der Waals surface area (Å²) in [5.41, 5.74) is -0.0828. The molecule has 4 nitrogen and oxygen atoms in total. The molecule has 1 aromatic heterocycles. The Morgan fingerprint density at radius 3 is 2.67 bits per heavy atom. The van der Waals surface area contributed by atoms with Gasteiger partial charge in [0.15, 0.2) is 0 Å². The van der Waals surface area contributed by atoms with Crippen LogP contribution in [0.4, 0.5) is 0 Å². The summed E-state index contributed by atoms with van der Waals surface area (Å²) in [6.45, 7) is 2.74. The number of carbonyl (C=O) groups is 1. The Morgan fingerprint density at radius 1 is 1.44 bits per heavy atom. The normalized spacial score (nSPS) is 30.3. The van der Waals surface area contributed by atoms with Crippen LogP contribution in [0.1, 0.15) is 31.7 Å². The van der Waals surface area contributed by atoms with E-state index in [1.165, 1.54) is 6.42 Å². The van der Waals surface area contributed by atoms with Crippen LogP contribution in [0.15, 0.2) is 24.5 Å². The van der Waals surface area contributed by atoms with Gasteiger partial charge in [-0.3, -0.25) is 9.88 Å². The molecule has 3 unspecified atom stereocenters. The second kappa shape index (κ2) is 4.05. The Kier molecular flexibility index (Phi) is 2.63. The zero-order valence-corrected chi connectivity index (χ0v) is 10.5. The number of carboxylic acid groups (broad SMARTS) is 1. The molecule has 1 saturated heterocycles. The average molecular weight is 246 g/mol. The van der Waals surface area contributed by atoms with Crippen LogP contribution in [0.5, 0.6) is 0 Å². The Morgan fingerprint density at radius 2 is 2.17 bits per heavy atom. The summed E-state index contributed by atoms with van der Waals surface area (Å²) in [5.74, 6) is -0.0724. The smallest absolute Gasteiger partial charge is 0.328 e. The van der Waals surface area contributed by atoms with E-state index in [0.717, 1.165) is 24.9 Å². The topological polar surface area (TPSA) is 53.4 Å². The Balaban J connectivity index is 2.00. The number of rotatable bonds is 3.